The van der Waals surface area contributed by atoms with Gasteiger partial charge in [-0.25, -0.2) is 8.42 Å². The van der Waals surface area contributed by atoms with Crippen molar-refractivity contribution in [1.82, 2.24) is 4.90 Å². The number of piperidine rings is 1. The molecule has 2 atom stereocenters. The number of rotatable bonds is 4. The third-order valence-electron chi connectivity index (χ3n) is 3.95. The van der Waals surface area contributed by atoms with E-state index in [9.17, 15) is 18.3 Å². The Morgan fingerprint density at radius 3 is 2.59 bits per heavy atom. The fraction of sp³-hybridized carbons (Fsp3) is 0.533. The van der Waals surface area contributed by atoms with Crippen LogP contribution in [0.15, 0.2) is 29.2 Å². The van der Waals surface area contributed by atoms with Gasteiger partial charge in [0, 0.05) is 25.6 Å². The Kier molecular flexibility index (Phi) is 5.20. The predicted octanol–water partition coefficient (Wildman–Crippen LogP) is 0.0793. The van der Waals surface area contributed by atoms with Crippen molar-refractivity contribution < 1.29 is 18.3 Å². The van der Waals surface area contributed by atoms with Gasteiger partial charge in [-0.15, -0.1) is 0 Å². The molecule has 1 heterocycles. The van der Waals surface area contributed by atoms with Gasteiger partial charge in [-0.05, 0) is 25.5 Å². The standard InChI is InChI=1S/C15H22N2O4S/c1-11-2-4-12(5-3-11)22(20,21)9-7-15(19)17-8-6-13(16)14(18)10-17/h2-5,13-14,18H,6-10,16H2,1H3/t13-,14-/m1/s1. The lowest BCUT2D eigenvalue weighted by Crippen LogP contribution is -2.52. The highest BCUT2D eigenvalue weighted by Crippen LogP contribution is 2.15. The summed E-state index contributed by atoms with van der Waals surface area (Å²) in [6.07, 6.45) is -0.304. The van der Waals surface area contributed by atoms with Gasteiger partial charge in [-0.3, -0.25) is 4.79 Å². The molecule has 22 heavy (non-hydrogen) atoms. The second-order valence-corrected chi connectivity index (χ2v) is 7.85. The van der Waals surface area contributed by atoms with Crippen molar-refractivity contribution in [3.05, 3.63) is 29.8 Å². The summed E-state index contributed by atoms with van der Waals surface area (Å²) in [6.45, 7) is 2.51. The number of amides is 1. The van der Waals surface area contributed by atoms with Gasteiger partial charge < -0.3 is 15.7 Å². The molecule has 1 amide bonds. The highest BCUT2D eigenvalue weighted by atomic mass is 32.2. The summed E-state index contributed by atoms with van der Waals surface area (Å²) in [5.74, 6) is -0.491. The number of benzene rings is 1. The third kappa shape index (κ3) is 4.06. The Labute approximate surface area is 130 Å². The molecule has 1 aromatic rings. The minimum atomic E-state index is -3.47. The Balaban J connectivity index is 1.94. The second-order valence-electron chi connectivity index (χ2n) is 5.74. The Morgan fingerprint density at radius 2 is 2.00 bits per heavy atom. The van der Waals surface area contributed by atoms with Gasteiger partial charge in [0.25, 0.3) is 0 Å². The first-order valence-corrected chi connectivity index (χ1v) is 8.95. The van der Waals surface area contributed by atoms with E-state index in [0.717, 1.165) is 5.56 Å². The van der Waals surface area contributed by atoms with Crippen molar-refractivity contribution in [2.75, 3.05) is 18.8 Å². The maximum atomic E-state index is 12.2. The van der Waals surface area contributed by atoms with Gasteiger partial charge in [0.05, 0.1) is 16.8 Å². The zero-order valence-corrected chi connectivity index (χ0v) is 13.4. The van der Waals surface area contributed by atoms with Crippen LogP contribution in [-0.2, 0) is 14.6 Å². The van der Waals surface area contributed by atoms with E-state index in [4.69, 9.17) is 5.73 Å². The fourth-order valence-electron chi connectivity index (χ4n) is 2.42. The number of carbonyl (C=O) groups is 1. The Bertz CT molecular complexity index is 627. The van der Waals surface area contributed by atoms with Crippen LogP contribution in [0.25, 0.3) is 0 Å². The van der Waals surface area contributed by atoms with Crippen molar-refractivity contribution in [2.45, 2.75) is 36.8 Å². The minimum absolute atomic E-state index is 0.0852. The average Bonchev–Trinajstić information content (AvgIpc) is 2.48. The first-order valence-electron chi connectivity index (χ1n) is 7.30. The molecule has 0 spiro atoms. The van der Waals surface area contributed by atoms with Gasteiger partial charge in [-0.1, -0.05) is 17.7 Å². The lowest BCUT2D eigenvalue weighted by molar-refractivity contribution is -0.134. The van der Waals surface area contributed by atoms with Gasteiger partial charge >= 0.3 is 0 Å². The molecular formula is C15H22N2O4S. The van der Waals surface area contributed by atoms with E-state index in [1.807, 2.05) is 6.92 Å². The summed E-state index contributed by atoms with van der Waals surface area (Å²) in [5, 5.41) is 9.69. The first-order chi connectivity index (χ1) is 10.3. The molecule has 0 saturated carbocycles. The van der Waals surface area contributed by atoms with Crippen LogP contribution in [0, 0.1) is 6.92 Å². The van der Waals surface area contributed by atoms with E-state index in [-0.39, 0.29) is 35.6 Å². The molecule has 122 valence electrons. The summed E-state index contributed by atoms with van der Waals surface area (Å²) in [6, 6.07) is 6.26. The maximum absolute atomic E-state index is 12.2. The van der Waals surface area contributed by atoms with Crippen molar-refractivity contribution in [3.63, 3.8) is 0 Å². The molecule has 1 aromatic carbocycles. The lowest BCUT2D eigenvalue weighted by atomic mass is 10.0. The molecule has 1 aliphatic rings. The van der Waals surface area contributed by atoms with Crippen LogP contribution in [0.4, 0.5) is 0 Å². The number of β-amino-alcohol motifs (C(OH)–C–C–N with tert-alkyl or cyclic N) is 1. The van der Waals surface area contributed by atoms with Crippen LogP contribution < -0.4 is 5.73 Å². The number of aryl methyl sites for hydroxylation is 1. The second kappa shape index (κ2) is 6.76. The quantitative estimate of drug-likeness (QED) is 0.816. The highest BCUT2D eigenvalue weighted by molar-refractivity contribution is 7.91. The van der Waals surface area contributed by atoms with Gasteiger partial charge in [0.2, 0.25) is 5.91 Å². The predicted molar refractivity (Wildman–Crippen MR) is 83.0 cm³/mol. The third-order valence-corrected chi connectivity index (χ3v) is 5.68. The molecule has 3 N–H and O–H groups in total. The smallest absolute Gasteiger partial charge is 0.223 e. The zero-order valence-electron chi connectivity index (χ0n) is 12.6. The van der Waals surface area contributed by atoms with Crippen LogP contribution in [0.3, 0.4) is 0 Å². The molecule has 0 aliphatic carbocycles. The average molecular weight is 326 g/mol. The van der Waals surface area contributed by atoms with Crippen LogP contribution >= 0.6 is 0 Å². The van der Waals surface area contributed by atoms with Gasteiger partial charge in [-0.2, -0.15) is 0 Å². The Hall–Kier alpha value is -1.44. The summed E-state index contributed by atoms with van der Waals surface area (Å²) >= 11 is 0. The van der Waals surface area contributed by atoms with E-state index in [1.54, 1.807) is 24.3 Å². The molecular weight excluding hydrogens is 304 g/mol. The van der Waals surface area contributed by atoms with Crippen LogP contribution in [0.5, 0.6) is 0 Å². The molecule has 6 nitrogen and oxygen atoms in total. The Morgan fingerprint density at radius 1 is 1.36 bits per heavy atom. The zero-order chi connectivity index (χ0) is 16.3. The van der Waals surface area contributed by atoms with Crippen molar-refractivity contribution in [1.29, 1.82) is 0 Å². The van der Waals surface area contributed by atoms with Crippen LogP contribution in [-0.4, -0.2) is 55.3 Å². The van der Waals surface area contributed by atoms with E-state index in [1.165, 1.54) is 4.90 Å². The topological polar surface area (TPSA) is 101 Å². The SMILES string of the molecule is Cc1ccc(S(=O)(=O)CCC(=O)N2CC[C@@H](N)[C@H](O)C2)cc1. The normalized spacial score (nSPS) is 22.6. The summed E-state index contributed by atoms with van der Waals surface area (Å²) in [4.78, 5) is 13.8. The highest BCUT2D eigenvalue weighted by Gasteiger charge is 2.28. The van der Waals surface area contributed by atoms with Gasteiger partial charge in [0.15, 0.2) is 9.84 Å². The molecule has 2 rings (SSSR count). The van der Waals surface area contributed by atoms with E-state index >= 15 is 0 Å². The van der Waals surface area contributed by atoms with E-state index in [0.29, 0.717) is 13.0 Å². The number of aliphatic hydroxyl groups excluding tert-OH is 1. The number of nitrogens with zero attached hydrogens (tertiary/aromatic N) is 1. The maximum Gasteiger partial charge on any atom is 0.223 e. The summed E-state index contributed by atoms with van der Waals surface area (Å²) in [5.41, 5.74) is 6.67. The van der Waals surface area contributed by atoms with Crippen LogP contribution in [0.1, 0.15) is 18.4 Å². The number of hydrogen-bond donors (Lipinski definition) is 2. The number of nitrogens with two attached hydrogens (primary N) is 1. The number of likely N-dealkylation sites (tertiary alicyclic amines) is 1. The van der Waals surface area contributed by atoms with Crippen molar-refractivity contribution in [3.8, 4) is 0 Å². The molecule has 0 unspecified atom stereocenters. The van der Waals surface area contributed by atoms with E-state index in [2.05, 4.69) is 0 Å². The molecule has 0 radical (unpaired) electrons. The summed E-state index contributed by atoms with van der Waals surface area (Å²) in [7, 11) is -3.47. The van der Waals surface area contributed by atoms with Gasteiger partial charge in [0.1, 0.15) is 0 Å². The molecule has 0 bridgehead atoms. The summed E-state index contributed by atoms with van der Waals surface area (Å²) < 4.78 is 24.4. The number of carbonyl (C=O) groups excluding carboxylic acids is 1. The first kappa shape index (κ1) is 16.9. The monoisotopic (exact) mass is 326 g/mol. The molecule has 1 aliphatic heterocycles. The van der Waals surface area contributed by atoms with Crippen molar-refractivity contribution >= 4 is 15.7 Å². The fourth-order valence-corrected chi connectivity index (χ4v) is 3.65. The lowest BCUT2D eigenvalue weighted by Gasteiger charge is -2.34. The van der Waals surface area contributed by atoms with E-state index < -0.39 is 15.9 Å². The van der Waals surface area contributed by atoms with Crippen molar-refractivity contribution in [2.24, 2.45) is 5.73 Å². The number of aliphatic hydroxyl groups is 1. The molecule has 1 saturated heterocycles. The minimum Gasteiger partial charge on any atom is -0.390 e. The number of hydrogen-bond acceptors (Lipinski definition) is 5. The molecule has 7 heteroatoms. The molecule has 1 fully saturated rings. The number of sulfone groups is 1. The molecule has 0 aromatic heterocycles. The van der Waals surface area contributed by atoms with Crippen LogP contribution in [0.2, 0.25) is 0 Å². The largest absolute Gasteiger partial charge is 0.390 e.